The maximum Gasteiger partial charge on any atom is 0.254 e. The second kappa shape index (κ2) is 9.39. The Balaban J connectivity index is 1.58. The van der Waals surface area contributed by atoms with Gasteiger partial charge >= 0.3 is 0 Å². The Morgan fingerprint density at radius 2 is 1.77 bits per heavy atom. The van der Waals surface area contributed by atoms with E-state index in [2.05, 4.69) is 0 Å². The number of amides is 1. The molecule has 1 saturated heterocycles. The third-order valence-electron chi connectivity index (χ3n) is 5.93. The molecule has 2 aromatic carbocycles. The van der Waals surface area contributed by atoms with Crippen LogP contribution >= 0.6 is 0 Å². The largest absolute Gasteiger partial charge is 0.493 e. The summed E-state index contributed by atoms with van der Waals surface area (Å²) < 4.78 is 23.0. The predicted octanol–water partition coefficient (Wildman–Crippen LogP) is 4.07. The first-order chi connectivity index (χ1) is 14.7. The number of methoxy groups -OCH3 is 2. The highest BCUT2D eigenvalue weighted by molar-refractivity contribution is 5.96. The molecule has 6 heteroatoms. The molecule has 1 aliphatic carbocycles. The number of hydrogen-bond acceptors (Lipinski definition) is 5. The molecule has 1 saturated carbocycles. The number of nitrogens with zero attached hydrogens (tertiary/aromatic N) is 1. The molecule has 6 nitrogen and oxygen atoms in total. The summed E-state index contributed by atoms with van der Waals surface area (Å²) in [4.78, 5) is 15.4. The van der Waals surface area contributed by atoms with E-state index in [1.54, 1.807) is 26.4 Å². The first-order valence-electron chi connectivity index (χ1n) is 10.6. The lowest BCUT2D eigenvalue weighted by Gasteiger charge is -2.43. The molecule has 4 rings (SSSR count). The van der Waals surface area contributed by atoms with Crippen LogP contribution in [0.25, 0.3) is 0 Å². The molecule has 0 N–H and O–H groups in total. The van der Waals surface area contributed by atoms with Gasteiger partial charge in [0.2, 0.25) is 5.75 Å². The quantitative estimate of drug-likeness (QED) is 0.717. The Bertz CT molecular complexity index is 842. The third kappa shape index (κ3) is 4.24. The molecule has 160 valence electrons. The van der Waals surface area contributed by atoms with Crippen LogP contribution in [0.2, 0.25) is 0 Å². The van der Waals surface area contributed by atoms with E-state index in [4.69, 9.17) is 18.9 Å². The highest BCUT2D eigenvalue weighted by atomic mass is 16.5. The van der Waals surface area contributed by atoms with Gasteiger partial charge in [0.25, 0.3) is 5.91 Å². The van der Waals surface area contributed by atoms with Gasteiger partial charge in [-0.3, -0.25) is 4.79 Å². The Morgan fingerprint density at radius 3 is 2.47 bits per heavy atom. The topological polar surface area (TPSA) is 57.2 Å². The minimum Gasteiger partial charge on any atom is -0.493 e. The van der Waals surface area contributed by atoms with Gasteiger partial charge in [0.1, 0.15) is 6.61 Å². The highest BCUT2D eigenvalue weighted by Crippen LogP contribution is 2.40. The maximum atomic E-state index is 13.4. The summed E-state index contributed by atoms with van der Waals surface area (Å²) in [5, 5.41) is 0. The van der Waals surface area contributed by atoms with Gasteiger partial charge in [0, 0.05) is 12.1 Å². The van der Waals surface area contributed by atoms with E-state index in [0.29, 0.717) is 42.6 Å². The van der Waals surface area contributed by atoms with Gasteiger partial charge in [0.15, 0.2) is 11.5 Å². The standard InChI is InChI=1S/C24H29NO5/c1-27-21-14-18(24(26)25-12-13-29-20-11-7-6-10-19(20)25)15-22(28-2)23(21)30-16-17-8-4-3-5-9-17/h3-5,8-9,14-15,19-20H,6-7,10-13,16H2,1-2H3. The summed E-state index contributed by atoms with van der Waals surface area (Å²) in [5.41, 5.74) is 1.58. The number of morpholine rings is 1. The van der Waals surface area contributed by atoms with Crippen molar-refractivity contribution in [1.82, 2.24) is 4.90 Å². The number of ether oxygens (including phenoxy) is 4. The molecule has 0 aromatic heterocycles. The molecule has 2 unspecified atom stereocenters. The van der Waals surface area contributed by atoms with Gasteiger partial charge in [-0.15, -0.1) is 0 Å². The molecule has 2 aromatic rings. The van der Waals surface area contributed by atoms with Crippen LogP contribution in [0.4, 0.5) is 0 Å². The minimum absolute atomic E-state index is 0.0126. The Kier molecular flexibility index (Phi) is 6.43. The molecular formula is C24H29NO5. The summed E-state index contributed by atoms with van der Waals surface area (Å²) >= 11 is 0. The van der Waals surface area contributed by atoms with Crippen molar-refractivity contribution in [2.24, 2.45) is 0 Å². The van der Waals surface area contributed by atoms with Crippen molar-refractivity contribution < 1.29 is 23.7 Å². The SMILES string of the molecule is COc1cc(C(=O)N2CCOC3CCCCC32)cc(OC)c1OCc1ccccc1. The maximum absolute atomic E-state index is 13.4. The molecule has 0 spiro atoms. The van der Waals surface area contributed by atoms with E-state index in [-0.39, 0.29) is 18.1 Å². The monoisotopic (exact) mass is 411 g/mol. The smallest absolute Gasteiger partial charge is 0.254 e. The molecule has 0 radical (unpaired) electrons. The fourth-order valence-corrected chi connectivity index (χ4v) is 4.39. The molecule has 1 aliphatic heterocycles. The van der Waals surface area contributed by atoms with E-state index in [9.17, 15) is 4.79 Å². The summed E-state index contributed by atoms with van der Waals surface area (Å²) in [6, 6.07) is 13.5. The van der Waals surface area contributed by atoms with E-state index < -0.39 is 0 Å². The van der Waals surface area contributed by atoms with Crippen LogP contribution in [0.5, 0.6) is 17.2 Å². The number of benzene rings is 2. The number of carbonyl (C=O) groups is 1. The summed E-state index contributed by atoms with van der Waals surface area (Å²) in [6.45, 7) is 1.57. The second-order valence-corrected chi connectivity index (χ2v) is 7.74. The van der Waals surface area contributed by atoms with Crippen LogP contribution in [0.15, 0.2) is 42.5 Å². The molecular weight excluding hydrogens is 382 g/mol. The first-order valence-corrected chi connectivity index (χ1v) is 10.6. The number of hydrogen-bond donors (Lipinski definition) is 0. The van der Waals surface area contributed by atoms with E-state index >= 15 is 0 Å². The van der Waals surface area contributed by atoms with Crippen molar-refractivity contribution in [3.8, 4) is 17.2 Å². The molecule has 1 heterocycles. The van der Waals surface area contributed by atoms with E-state index in [0.717, 1.165) is 31.2 Å². The van der Waals surface area contributed by atoms with Gasteiger partial charge < -0.3 is 23.8 Å². The normalized spacial score (nSPS) is 20.9. The number of rotatable bonds is 6. The molecule has 30 heavy (non-hydrogen) atoms. The van der Waals surface area contributed by atoms with Gasteiger partial charge in [-0.1, -0.05) is 43.2 Å². The fourth-order valence-electron chi connectivity index (χ4n) is 4.39. The van der Waals surface area contributed by atoms with E-state index in [1.165, 1.54) is 0 Å². The molecule has 2 fully saturated rings. The lowest BCUT2D eigenvalue weighted by molar-refractivity contribution is -0.0752. The Hall–Kier alpha value is -2.73. The zero-order valence-corrected chi connectivity index (χ0v) is 17.6. The summed E-state index contributed by atoms with van der Waals surface area (Å²) in [5.74, 6) is 1.46. The van der Waals surface area contributed by atoms with Gasteiger partial charge in [-0.2, -0.15) is 0 Å². The van der Waals surface area contributed by atoms with E-state index in [1.807, 2.05) is 35.2 Å². The zero-order chi connectivity index (χ0) is 20.9. The average molecular weight is 411 g/mol. The summed E-state index contributed by atoms with van der Waals surface area (Å²) in [6.07, 6.45) is 4.45. The Labute approximate surface area is 177 Å². The molecule has 0 bridgehead atoms. The third-order valence-corrected chi connectivity index (χ3v) is 5.93. The second-order valence-electron chi connectivity index (χ2n) is 7.74. The van der Waals surface area contributed by atoms with Gasteiger partial charge in [-0.25, -0.2) is 0 Å². The summed E-state index contributed by atoms with van der Waals surface area (Å²) in [7, 11) is 3.15. The van der Waals surface area contributed by atoms with Crippen molar-refractivity contribution in [3.63, 3.8) is 0 Å². The highest BCUT2D eigenvalue weighted by Gasteiger charge is 2.37. The zero-order valence-electron chi connectivity index (χ0n) is 17.6. The molecule has 2 atom stereocenters. The minimum atomic E-state index is -0.0126. The first kappa shape index (κ1) is 20.5. The van der Waals surface area contributed by atoms with Crippen LogP contribution in [0, 0.1) is 0 Å². The van der Waals surface area contributed by atoms with Crippen molar-refractivity contribution in [1.29, 1.82) is 0 Å². The average Bonchev–Trinajstić information content (AvgIpc) is 2.82. The van der Waals surface area contributed by atoms with Crippen LogP contribution in [-0.4, -0.2) is 50.3 Å². The van der Waals surface area contributed by atoms with Crippen molar-refractivity contribution in [2.45, 2.75) is 44.4 Å². The Morgan fingerprint density at radius 1 is 1.07 bits per heavy atom. The van der Waals surface area contributed by atoms with Crippen molar-refractivity contribution in [3.05, 3.63) is 53.6 Å². The van der Waals surface area contributed by atoms with Crippen LogP contribution in [-0.2, 0) is 11.3 Å². The molecule has 1 amide bonds. The number of fused-ring (bicyclic) bond motifs is 1. The molecule has 2 aliphatic rings. The van der Waals surface area contributed by atoms with Gasteiger partial charge in [-0.05, 0) is 30.5 Å². The van der Waals surface area contributed by atoms with Gasteiger partial charge in [0.05, 0.1) is 33.0 Å². The number of carbonyl (C=O) groups excluding carboxylic acids is 1. The predicted molar refractivity (Wildman–Crippen MR) is 113 cm³/mol. The van der Waals surface area contributed by atoms with Crippen LogP contribution in [0.3, 0.4) is 0 Å². The van der Waals surface area contributed by atoms with Crippen LogP contribution in [0.1, 0.15) is 41.6 Å². The van der Waals surface area contributed by atoms with Crippen molar-refractivity contribution in [2.75, 3.05) is 27.4 Å². The van der Waals surface area contributed by atoms with Crippen LogP contribution < -0.4 is 14.2 Å². The lowest BCUT2D eigenvalue weighted by atomic mass is 9.89. The lowest BCUT2D eigenvalue weighted by Crippen LogP contribution is -2.54. The van der Waals surface area contributed by atoms with Crippen molar-refractivity contribution >= 4 is 5.91 Å². The fraction of sp³-hybridized carbons (Fsp3) is 0.458.